The van der Waals surface area contributed by atoms with E-state index in [0.29, 0.717) is 12.5 Å². The summed E-state index contributed by atoms with van der Waals surface area (Å²) in [4.78, 5) is 12.6. The quantitative estimate of drug-likeness (QED) is 0.727. The Bertz CT molecular complexity index is 311. The summed E-state index contributed by atoms with van der Waals surface area (Å²) in [7, 11) is 0. The Hall–Kier alpha value is -0.610. The van der Waals surface area contributed by atoms with Crippen LogP contribution in [0.5, 0.6) is 0 Å². The van der Waals surface area contributed by atoms with Crippen LogP contribution in [-0.4, -0.2) is 29.7 Å². The molecule has 4 heteroatoms. The van der Waals surface area contributed by atoms with Crippen molar-refractivity contribution in [3.05, 3.63) is 0 Å². The van der Waals surface area contributed by atoms with Gasteiger partial charge in [0.25, 0.3) is 0 Å². The third kappa shape index (κ3) is 3.29. The molecule has 1 amide bonds. The zero-order valence-corrected chi connectivity index (χ0v) is 12.0. The lowest BCUT2D eigenvalue weighted by Gasteiger charge is -2.39. The van der Waals surface area contributed by atoms with Crippen molar-refractivity contribution in [1.82, 2.24) is 5.32 Å². The van der Waals surface area contributed by atoms with Gasteiger partial charge >= 0.3 is 0 Å². The van der Waals surface area contributed by atoms with Gasteiger partial charge in [-0.1, -0.05) is 19.8 Å². The summed E-state index contributed by atoms with van der Waals surface area (Å²) in [5.74, 6) is 0.778. The molecule has 0 aromatic carbocycles. The number of nitrogens with one attached hydrogen (secondary N) is 1. The lowest BCUT2D eigenvalue weighted by atomic mass is 9.70. The fraction of sp³-hybridized carbons (Fsp3) is 0.933. The lowest BCUT2D eigenvalue weighted by molar-refractivity contribution is -0.134. The molecular weight excluding hydrogens is 240 g/mol. The average Bonchev–Trinajstić information content (AvgIpc) is 2.42. The summed E-state index contributed by atoms with van der Waals surface area (Å²) >= 11 is 0. The van der Waals surface area contributed by atoms with E-state index < -0.39 is 0 Å². The monoisotopic (exact) mass is 268 g/mol. The Morgan fingerprint density at radius 2 is 1.89 bits per heavy atom. The van der Waals surface area contributed by atoms with Crippen LogP contribution >= 0.6 is 0 Å². The van der Waals surface area contributed by atoms with E-state index in [4.69, 9.17) is 5.73 Å². The Labute approximate surface area is 116 Å². The molecule has 0 aromatic heterocycles. The van der Waals surface area contributed by atoms with Gasteiger partial charge in [0.15, 0.2) is 0 Å². The van der Waals surface area contributed by atoms with Crippen molar-refractivity contribution in [3.63, 3.8) is 0 Å². The Morgan fingerprint density at radius 1 is 1.26 bits per heavy atom. The number of rotatable bonds is 3. The SMILES string of the molecule is CC1CCC(CN)(C(=O)NC2CCCCC2O)CC1. The van der Waals surface area contributed by atoms with Gasteiger partial charge in [-0.3, -0.25) is 4.79 Å². The molecule has 0 spiro atoms. The largest absolute Gasteiger partial charge is 0.391 e. The minimum atomic E-state index is -0.385. The van der Waals surface area contributed by atoms with Gasteiger partial charge in [-0.25, -0.2) is 0 Å². The van der Waals surface area contributed by atoms with Crippen molar-refractivity contribution in [2.45, 2.75) is 70.4 Å². The fourth-order valence-corrected chi connectivity index (χ4v) is 3.44. The van der Waals surface area contributed by atoms with Gasteiger partial charge in [0, 0.05) is 6.54 Å². The second-order valence-corrected chi connectivity index (χ2v) is 6.60. The first kappa shape index (κ1) is 14.8. The first-order valence-corrected chi connectivity index (χ1v) is 7.76. The predicted octanol–water partition coefficient (Wildman–Crippen LogP) is 1.56. The maximum absolute atomic E-state index is 12.6. The molecule has 2 atom stereocenters. The summed E-state index contributed by atoms with van der Waals surface area (Å²) in [5.41, 5.74) is 5.52. The van der Waals surface area contributed by atoms with E-state index in [2.05, 4.69) is 12.2 Å². The first-order valence-electron chi connectivity index (χ1n) is 7.76. The molecule has 2 aliphatic carbocycles. The molecule has 0 aliphatic heterocycles. The van der Waals surface area contributed by atoms with E-state index in [-0.39, 0.29) is 23.5 Å². The molecule has 2 unspecified atom stereocenters. The fourth-order valence-electron chi connectivity index (χ4n) is 3.44. The van der Waals surface area contributed by atoms with E-state index in [1.54, 1.807) is 0 Å². The maximum Gasteiger partial charge on any atom is 0.227 e. The average molecular weight is 268 g/mol. The van der Waals surface area contributed by atoms with Crippen LogP contribution in [0.1, 0.15) is 58.3 Å². The van der Waals surface area contributed by atoms with Gasteiger partial charge in [-0.05, 0) is 44.4 Å². The highest BCUT2D eigenvalue weighted by molar-refractivity contribution is 5.83. The van der Waals surface area contributed by atoms with Crippen molar-refractivity contribution in [1.29, 1.82) is 0 Å². The van der Waals surface area contributed by atoms with Crippen molar-refractivity contribution in [2.75, 3.05) is 6.54 Å². The highest BCUT2D eigenvalue weighted by Crippen LogP contribution is 2.38. The third-order valence-electron chi connectivity index (χ3n) is 5.15. The summed E-state index contributed by atoms with van der Waals surface area (Å²) in [6.07, 6.45) is 7.41. The van der Waals surface area contributed by atoms with Crippen LogP contribution in [0.4, 0.5) is 0 Å². The molecule has 4 nitrogen and oxygen atoms in total. The van der Waals surface area contributed by atoms with E-state index in [9.17, 15) is 9.90 Å². The van der Waals surface area contributed by atoms with Gasteiger partial charge in [0.05, 0.1) is 17.6 Å². The van der Waals surface area contributed by atoms with Crippen LogP contribution in [-0.2, 0) is 4.79 Å². The first-order chi connectivity index (χ1) is 9.07. The number of hydrogen-bond acceptors (Lipinski definition) is 3. The van der Waals surface area contributed by atoms with E-state index in [1.807, 2.05) is 0 Å². The highest BCUT2D eigenvalue weighted by atomic mass is 16.3. The van der Waals surface area contributed by atoms with Gasteiger partial charge in [-0.2, -0.15) is 0 Å². The predicted molar refractivity (Wildman–Crippen MR) is 75.5 cm³/mol. The molecule has 2 fully saturated rings. The van der Waals surface area contributed by atoms with Crippen molar-refractivity contribution < 1.29 is 9.90 Å². The number of carbonyl (C=O) groups excluding carboxylic acids is 1. The Kier molecular flexibility index (Phi) is 4.85. The van der Waals surface area contributed by atoms with Crippen molar-refractivity contribution in [2.24, 2.45) is 17.1 Å². The number of aliphatic hydroxyl groups is 1. The second-order valence-electron chi connectivity index (χ2n) is 6.60. The smallest absolute Gasteiger partial charge is 0.227 e. The molecule has 0 radical (unpaired) electrons. The summed E-state index contributed by atoms with van der Waals surface area (Å²) in [6, 6.07) is -0.0657. The Morgan fingerprint density at radius 3 is 2.47 bits per heavy atom. The van der Waals surface area contributed by atoms with Crippen molar-refractivity contribution in [3.8, 4) is 0 Å². The van der Waals surface area contributed by atoms with Crippen LogP contribution < -0.4 is 11.1 Å². The van der Waals surface area contributed by atoms with Gasteiger partial charge < -0.3 is 16.2 Å². The summed E-state index contributed by atoms with van der Waals surface area (Å²) < 4.78 is 0. The summed E-state index contributed by atoms with van der Waals surface area (Å²) in [5, 5.41) is 13.0. The van der Waals surface area contributed by atoms with E-state index >= 15 is 0 Å². The van der Waals surface area contributed by atoms with Crippen LogP contribution in [0.25, 0.3) is 0 Å². The molecule has 2 saturated carbocycles. The molecule has 4 N–H and O–H groups in total. The maximum atomic E-state index is 12.6. The number of amides is 1. The van der Waals surface area contributed by atoms with Crippen LogP contribution in [0.15, 0.2) is 0 Å². The van der Waals surface area contributed by atoms with Crippen LogP contribution in [0, 0.1) is 11.3 Å². The second kappa shape index (κ2) is 6.23. The standard InChI is InChI=1S/C15H28N2O2/c1-11-6-8-15(10-16,9-7-11)14(19)17-12-4-2-3-5-13(12)18/h11-13,18H,2-10,16H2,1H3,(H,17,19). The number of carbonyl (C=O) groups is 1. The number of aliphatic hydroxyl groups excluding tert-OH is 1. The number of nitrogens with two attached hydrogens (primary N) is 1. The molecule has 0 aromatic rings. The lowest BCUT2D eigenvalue weighted by Crippen LogP contribution is -2.54. The topological polar surface area (TPSA) is 75.4 Å². The zero-order chi connectivity index (χ0) is 13.9. The highest BCUT2D eigenvalue weighted by Gasteiger charge is 2.41. The molecule has 0 heterocycles. The molecule has 0 saturated heterocycles. The van der Waals surface area contributed by atoms with Gasteiger partial charge in [-0.15, -0.1) is 0 Å². The zero-order valence-electron chi connectivity index (χ0n) is 12.0. The molecular formula is C15H28N2O2. The molecule has 0 bridgehead atoms. The normalized spacial score (nSPS) is 39.8. The molecule has 19 heavy (non-hydrogen) atoms. The summed E-state index contributed by atoms with van der Waals surface area (Å²) in [6.45, 7) is 2.66. The van der Waals surface area contributed by atoms with Crippen molar-refractivity contribution >= 4 is 5.91 Å². The van der Waals surface area contributed by atoms with E-state index in [1.165, 1.54) is 0 Å². The van der Waals surface area contributed by atoms with Gasteiger partial charge in [0.2, 0.25) is 5.91 Å². The molecule has 110 valence electrons. The minimum Gasteiger partial charge on any atom is -0.391 e. The molecule has 2 rings (SSSR count). The van der Waals surface area contributed by atoms with Crippen LogP contribution in [0.2, 0.25) is 0 Å². The third-order valence-corrected chi connectivity index (χ3v) is 5.15. The number of hydrogen-bond donors (Lipinski definition) is 3. The minimum absolute atomic E-state index is 0.0657. The van der Waals surface area contributed by atoms with E-state index in [0.717, 1.165) is 51.4 Å². The van der Waals surface area contributed by atoms with Crippen LogP contribution in [0.3, 0.4) is 0 Å². The van der Waals surface area contributed by atoms with Gasteiger partial charge in [0.1, 0.15) is 0 Å². The molecule has 2 aliphatic rings. The Balaban J connectivity index is 1.96.